The number of halogens is 1. The van der Waals surface area contributed by atoms with Gasteiger partial charge in [-0.05, 0) is 24.1 Å². The maximum absolute atomic E-state index is 10.4. The quantitative estimate of drug-likeness (QED) is 0.781. The Morgan fingerprint density at radius 2 is 2.25 bits per heavy atom. The van der Waals surface area contributed by atoms with Crippen LogP contribution < -0.4 is 4.74 Å². The molecule has 4 nitrogen and oxygen atoms in total. The van der Waals surface area contributed by atoms with E-state index in [1.54, 1.807) is 12.1 Å². The van der Waals surface area contributed by atoms with Gasteiger partial charge in [-0.25, -0.2) is 0 Å². The molecule has 1 rings (SSSR count). The number of methoxy groups -OCH3 is 1. The topological polar surface area (TPSA) is 66.8 Å². The Morgan fingerprint density at radius 1 is 1.56 bits per heavy atom. The van der Waals surface area contributed by atoms with Gasteiger partial charge in [0.25, 0.3) is 0 Å². The SMILES string of the molecule is COc1ccc(C(Cl)CCC(=O)O)cc1O. The highest BCUT2D eigenvalue weighted by molar-refractivity contribution is 6.20. The zero-order chi connectivity index (χ0) is 12.1. The summed E-state index contributed by atoms with van der Waals surface area (Å²) in [5.41, 5.74) is 0.682. The van der Waals surface area contributed by atoms with Gasteiger partial charge in [0.1, 0.15) is 0 Å². The van der Waals surface area contributed by atoms with Crippen molar-refractivity contribution in [2.24, 2.45) is 0 Å². The molecule has 0 radical (unpaired) electrons. The molecule has 0 fully saturated rings. The Labute approximate surface area is 98.4 Å². The van der Waals surface area contributed by atoms with Crippen LogP contribution in [0.1, 0.15) is 23.8 Å². The minimum Gasteiger partial charge on any atom is -0.504 e. The highest BCUT2D eigenvalue weighted by Crippen LogP contribution is 2.33. The van der Waals surface area contributed by atoms with Crippen molar-refractivity contribution in [2.45, 2.75) is 18.2 Å². The van der Waals surface area contributed by atoms with Gasteiger partial charge >= 0.3 is 5.97 Å². The van der Waals surface area contributed by atoms with E-state index >= 15 is 0 Å². The number of hydrogen-bond donors (Lipinski definition) is 2. The average Bonchev–Trinajstić information content (AvgIpc) is 2.25. The van der Waals surface area contributed by atoms with Crippen molar-refractivity contribution in [1.82, 2.24) is 0 Å². The van der Waals surface area contributed by atoms with E-state index in [0.717, 1.165) is 0 Å². The molecule has 0 aromatic heterocycles. The summed E-state index contributed by atoms with van der Waals surface area (Å²) in [6, 6.07) is 4.79. The molecule has 0 aliphatic carbocycles. The summed E-state index contributed by atoms with van der Waals surface area (Å²) in [4.78, 5) is 10.4. The first-order valence-corrected chi connectivity index (χ1v) is 5.21. The molecule has 0 aliphatic rings. The third-order valence-electron chi connectivity index (χ3n) is 2.18. The molecule has 16 heavy (non-hydrogen) atoms. The number of carboxylic acid groups (broad SMARTS) is 1. The van der Waals surface area contributed by atoms with E-state index in [0.29, 0.717) is 17.7 Å². The van der Waals surface area contributed by atoms with Gasteiger partial charge in [-0.1, -0.05) is 6.07 Å². The Hall–Kier alpha value is -1.42. The first kappa shape index (κ1) is 12.6. The monoisotopic (exact) mass is 244 g/mol. The van der Waals surface area contributed by atoms with Gasteiger partial charge in [-0.15, -0.1) is 11.6 Å². The molecular weight excluding hydrogens is 232 g/mol. The van der Waals surface area contributed by atoms with Crippen LogP contribution in [-0.2, 0) is 4.79 Å². The van der Waals surface area contributed by atoms with Crippen molar-refractivity contribution >= 4 is 17.6 Å². The van der Waals surface area contributed by atoms with Crippen LogP contribution in [0.5, 0.6) is 11.5 Å². The number of carbonyl (C=O) groups is 1. The number of carboxylic acids is 1. The highest BCUT2D eigenvalue weighted by atomic mass is 35.5. The zero-order valence-corrected chi connectivity index (χ0v) is 9.57. The lowest BCUT2D eigenvalue weighted by Gasteiger charge is -2.10. The van der Waals surface area contributed by atoms with Crippen LogP contribution in [0.4, 0.5) is 0 Å². The molecule has 0 bridgehead atoms. The first-order chi connectivity index (χ1) is 7.54. The molecule has 0 saturated carbocycles. The van der Waals surface area contributed by atoms with Gasteiger partial charge in [-0.3, -0.25) is 4.79 Å². The molecule has 1 unspecified atom stereocenters. The van der Waals surface area contributed by atoms with Gasteiger partial charge in [0.15, 0.2) is 11.5 Å². The highest BCUT2D eigenvalue weighted by Gasteiger charge is 2.12. The molecule has 0 saturated heterocycles. The van der Waals surface area contributed by atoms with Crippen LogP contribution in [-0.4, -0.2) is 23.3 Å². The maximum Gasteiger partial charge on any atom is 0.303 e. The van der Waals surface area contributed by atoms with Crippen LogP contribution in [0, 0.1) is 0 Å². The number of ether oxygens (including phenoxy) is 1. The summed E-state index contributed by atoms with van der Waals surface area (Å²) in [5, 5.41) is 17.6. The Kier molecular flexibility index (Phi) is 4.43. The van der Waals surface area contributed by atoms with Crippen molar-refractivity contribution < 1.29 is 19.7 Å². The fourth-order valence-corrected chi connectivity index (χ4v) is 1.56. The smallest absolute Gasteiger partial charge is 0.303 e. The van der Waals surface area contributed by atoms with E-state index < -0.39 is 11.3 Å². The molecule has 5 heteroatoms. The number of aromatic hydroxyl groups is 1. The van der Waals surface area contributed by atoms with Crippen molar-refractivity contribution in [3.8, 4) is 11.5 Å². The Balaban J connectivity index is 2.72. The number of hydrogen-bond acceptors (Lipinski definition) is 3. The molecule has 1 aromatic rings. The number of phenols is 1. The third kappa shape index (κ3) is 3.31. The predicted octanol–water partition coefficient (Wildman–Crippen LogP) is 2.55. The van der Waals surface area contributed by atoms with Gasteiger partial charge < -0.3 is 14.9 Å². The normalized spacial score (nSPS) is 12.1. The molecule has 0 heterocycles. The van der Waals surface area contributed by atoms with E-state index in [1.165, 1.54) is 13.2 Å². The van der Waals surface area contributed by atoms with E-state index in [9.17, 15) is 9.90 Å². The largest absolute Gasteiger partial charge is 0.504 e. The fourth-order valence-electron chi connectivity index (χ4n) is 1.32. The van der Waals surface area contributed by atoms with Gasteiger partial charge in [0, 0.05) is 6.42 Å². The predicted molar refractivity (Wildman–Crippen MR) is 60.1 cm³/mol. The van der Waals surface area contributed by atoms with Crippen molar-refractivity contribution in [1.29, 1.82) is 0 Å². The summed E-state index contributed by atoms with van der Waals surface area (Å²) < 4.78 is 4.89. The summed E-state index contributed by atoms with van der Waals surface area (Å²) in [6.45, 7) is 0. The molecule has 1 atom stereocenters. The average molecular weight is 245 g/mol. The lowest BCUT2D eigenvalue weighted by molar-refractivity contribution is -0.137. The number of phenolic OH excluding ortho intramolecular Hbond substituents is 1. The summed E-state index contributed by atoms with van der Waals surface area (Å²) in [5.74, 6) is -0.518. The van der Waals surface area contributed by atoms with E-state index in [4.69, 9.17) is 21.4 Å². The molecule has 2 N–H and O–H groups in total. The number of rotatable bonds is 5. The Morgan fingerprint density at radius 3 is 2.75 bits per heavy atom. The van der Waals surface area contributed by atoms with Crippen molar-refractivity contribution in [3.63, 3.8) is 0 Å². The van der Waals surface area contributed by atoms with E-state index in [-0.39, 0.29) is 12.2 Å². The second-order valence-electron chi connectivity index (χ2n) is 3.33. The van der Waals surface area contributed by atoms with Crippen LogP contribution in [0.2, 0.25) is 0 Å². The zero-order valence-electron chi connectivity index (χ0n) is 8.81. The van der Waals surface area contributed by atoms with Crippen LogP contribution in [0.15, 0.2) is 18.2 Å². The van der Waals surface area contributed by atoms with Gasteiger partial charge in [0.05, 0.1) is 12.5 Å². The number of alkyl halides is 1. The molecular formula is C11H13ClO4. The van der Waals surface area contributed by atoms with Crippen molar-refractivity contribution in [2.75, 3.05) is 7.11 Å². The minimum absolute atomic E-state index is 0.000903. The minimum atomic E-state index is -0.886. The summed E-state index contributed by atoms with van der Waals surface area (Å²) in [7, 11) is 1.46. The summed E-state index contributed by atoms with van der Waals surface area (Å²) >= 11 is 6.00. The third-order valence-corrected chi connectivity index (χ3v) is 2.65. The molecule has 88 valence electrons. The maximum atomic E-state index is 10.4. The lowest BCUT2D eigenvalue weighted by atomic mass is 10.1. The Bertz CT molecular complexity index is 378. The second-order valence-corrected chi connectivity index (χ2v) is 3.86. The fraction of sp³-hybridized carbons (Fsp3) is 0.364. The van der Waals surface area contributed by atoms with E-state index in [1.807, 2.05) is 0 Å². The first-order valence-electron chi connectivity index (χ1n) is 4.77. The van der Waals surface area contributed by atoms with Crippen LogP contribution >= 0.6 is 11.6 Å². The van der Waals surface area contributed by atoms with Gasteiger partial charge in [-0.2, -0.15) is 0 Å². The second kappa shape index (κ2) is 5.61. The lowest BCUT2D eigenvalue weighted by Crippen LogP contribution is -1.98. The molecule has 0 amide bonds. The van der Waals surface area contributed by atoms with E-state index in [2.05, 4.69) is 0 Å². The standard InChI is InChI=1S/C11H13ClO4/c1-16-10-4-2-7(6-9(10)13)8(12)3-5-11(14)15/h2,4,6,8,13H,3,5H2,1H3,(H,14,15). The van der Waals surface area contributed by atoms with Gasteiger partial charge in [0.2, 0.25) is 0 Å². The van der Waals surface area contributed by atoms with Crippen LogP contribution in [0.3, 0.4) is 0 Å². The molecule has 0 aliphatic heterocycles. The number of benzene rings is 1. The summed E-state index contributed by atoms with van der Waals surface area (Å²) in [6.07, 6.45) is 0.323. The molecule has 0 spiro atoms. The van der Waals surface area contributed by atoms with Crippen LogP contribution in [0.25, 0.3) is 0 Å². The van der Waals surface area contributed by atoms with Crippen molar-refractivity contribution in [3.05, 3.63) is 23.8 Å². The molecule has 1 aromatic carbocycles. The number of aliphatic carboxylic acids is 1.